The number of aliphatic carboxylic acids is 1. The lowest BCUT2D eigenvalue weighted by molar-refractivity contribution is -0.137. The molecular formula is C17H21N3O3. The number of amides is 1. The van der Waals surface area contributed by atoms with Crippen LogP contribution in [0.4, 0.5) is 0 Å². The number of para-hydroxylation sites is 2. The number of rotatable bonds is 5. The fourth-order valence-electron chi connectivity index (χ4n) is 3.14. The van der Waals surface area contributed by atoms with E-state index < -0.39 is 5.97 Å². The van der Waals surface area contributed by atoms with Gasteiger partial charge in [-0.25, -0.2) is 4.98 Å². The van der Waals surface area contributed by atoms with Gasteiger partial charge in [0.25, 0.3) is 0 Å². The smallest absolute Gasteiger partial charge is 0.303 e. The van der Waals surface area contributed by atoms with Crippen molar-refractivity contribution in [1.82, 2.24) is 14.9 Å². The molecule has 1 aliphatic heterocycles. The van der Waals surface area contributed by atoms with Crippen LogP contribution >= 0.6 is 0 Å². The molecule has 6 heteroatoms. The number of carboxylic acid groups (broad SMARTS) is 1. The number of hydrogen-bond donors (Lipinski definition) is 2. The molecule has 2 heterocycles. The van der Waals surface area contributed by atoms with E-state index in [0.717, 1.165) is 36.2 Å². The van der Waals surface area contributed by atoms with Crippen LogP contribution in [0.1, 0.15) is 43.8 Å². The van der Waals surface area contributed by atoms with Crippen molar-refractivity contribution >= 4 is 22.9 Å². The summed E-state index contributed by atoms with van der Waals surface area (Å²) in [7, 11) is 0. The molecule has 0 saturated carbocycles. The Morgan fingerprint density at radius 3 is 2.91 bits per heavy atom. The minimum absolute atomic E-state index is 0.0482. The van der Waals surface area contributed by atoms with Crippen LogP contribution in [-0.2, 0) is 9.59 Å². The van der Waals surface area contributed by atoms with Gasteiger partial charge in [-0.1, -0.05) is 12.1 Å². The maximum absolute atomic E-state index is 12.2. The Morgan fingerprint density at radius 1 is 1.30 bits per heavy atom. The highest BCUT2D eigenvalue weighted by atomic mass is 16.4. The Labute approximate surface area is 134 Å². The van der Waals surface area contributed by atoms with Crippen molar-refractivity contribution < 1.29 is 14.7 Å². The van der Waals surface area contributed by atoms with E-state index in [2.05, 4.69) is 9.97 Å². The average molecular weight is 315 g/mol. The van der Waals surface area contributed by atoms with Gasteiger partial charge in [-0.2, -0.15) is 0 Å². The second-order valence-corrected chi connectivity index (χ2v) is 6.07. The highest BCUT2D eigenvalue weighted by Gasteiger charge is 2.26. The summed E-state index contributed by atoms with van der Waals surface area (Å²) in [4.78, 5) is 32.6. The first-order chi connectivity index (χ1) is 11.1. The first-order valence-electron chi connectivity index (χ1n) is 8.07. The molecule has 1 atom stereocenters. The van der Waals surface area contributed by atoms with Crippen LogP contribution in [0, 0.1) is 0 Å². The zero-order valence-corrected chi connectivity index (χ0v) is 13.0. The number of piperidine rings is 1. The van der Waals surface area contributed by atoms with Gasteiger partial charge in [-0.15, -0.1) is 0 Å². The molecule has 1 fully saturated rings. The van der Waals surface area contributed by atoms with Crippen LogP contribution in [0.15, 0.2) is 24.3 Å². The van der Waals surface area contributed by atoms with Gasteiger partial charge < -0.3 is 15.0 Å². The lowest BCUT2D eigenvalue weighted by Gasteiger charge is -2.32. The van der Waals surface area contributed by atoms with E-state index in [1.165, 1.54) is 0 Å². The highest BCUT2D eigenvalue weighted by molar-refractivity contribution is 5.77. The maximum Gasteiger partial charge on any atom is 0.303 e. The molecule has 1 aromatic carbocycles. The molecule has 1 saturated heterocycles. The number of imidazole rings is 1. The molecule has 0 spiro atoms. The van der Waals surface area contributed by atoms with Crippen molar-refractivity contribution in [3.63, 3.8) is 0 Å². The van der Waals surface area contributed by atoms with E-state index in [4.69, 9.17) is 5.11 Å². The predicted octanol–water partition coefficient (Wildman–Crippen LogP) is 2.52. The van der Waals surface area contributed by atoms with E-state index in [0.29, 0.717) is 19.4 Å². The van der Waals surface area contributed by atoms with Gasteiger partial charge in [0.2, 0.25) is 5.91 Å². The minimum Gasteiger partial charge on any atom is -0.481 e. The Bertz CT molecular complexity index is 677. The Balaban J connectivity index is 1.63. The molecule has 0 bridgehead atoms. The van der Waals surface area contributed by atoms with Crippen LogP contribution in [0.2, 0.25) is 0 Å². The number of carboxylic acids is 1. The van der Waals surface area contributed by atoms with Crippen LogP contribution in [0.5, 0.6) is 0 Å². The van der Waals surface area contributed by atoms with Gasteiger partial charge in [-0.3, -0.25) is 9.59 Å². The summed E-state index contributed by atoms with van der Waals surface area (Å²) < 4.78 is 0. The zero-order valence-electron chi connectivity index (χ0n) is 13.0. The summed E-state index contributed by atoms with van der Waals surface area (Å²) in [6.45, 7) is 1.41. The topological polar surface area (TPSA) is 86.3 Å². The third kappa shape index (κ3) is 3.70. The summed E-state index contributed by atoms with van der Waals surface area (Å²) >= 11 is 0. The summed E-state index contributed by atoms with van der Waals surface area (Å²) in [6.07, 6.45) is 2.72. The molecule has 1 aliphatic rings. The number of likely N-dealkylation sites (tertiary alicyclic amines) is 1. The van der Waals surface area contributed by atoms with Crippen molar-refractivity contribution in [3.8, 4) is 0 Å². The molecule has 0 aliphatic carbocycles. The number of nitrogens with one attached hydrogen (secondary N) is 1. The summed E-state index contributed by atoms with van der Waals surface area (Å²) in [6, 6.07) is 7.92. The number of benzene rings is 1. The lowest BCUT2D eigenvalue weighted by Crippen LogP contribution is -2.39. The first-order valence-corrected chi connectivity index (χ1v) is 8.07. The Morgan fingerprint density at radius 2 is 2.13 bits per heavy atom. The summed E-state index contributed by atoms with van der Waals surface area (Å²) in [5.41, 5.74) is 1.97. The summed E-state index contributed by atoms with van der Waals surface area (Å²) in [5.74, 6) is 0.359. The van der Waals surface area contributed by atoms with E-state index >= 15 is 0 Å². The van der Waals surface area contributed by atoms with Crippen LogP contribution in [0.3, 0.4) is 0 Å². The van der Waals surface area contributed by atoms with Crippen molar-refractivity contribution in [2.45, 2.75) is 38.0 Å². The molecule has 0 radical (unpaired) electrons. The number of fused-ring (bicyclic) bond motifs is 1. The van der Waals surface area contributed by atoms with E-state index in [9.17, 15) is 9.59 Å². The van der Waals surface area contributed by atoms with Crippen LogP contribution < -0.4 is 0 Å². The predicted molar refractivity (Wildman–Crippen MR) is 86.1 cm³/mol. The normalized spacial score (nSPS) is 18.3. The number of nitrogens with zero attached hydrogens (tertiary/aromatic N) is 2. The third-order valence-electron chi connectivity index (χ3n) is 4.35. The SMILES string of the molecule is O=C(O)CCCC(=O)N1CCCC(c2nc3ccccc3[nH]2)C1. The number of carbonyl (C=O) groups is 2. The van der Waals surface area contributed by atoms with Gasteiger partial charge in [0.1, 0.15) is 5.82 Å². The Hall–Kier alpha value is -2.37. The van der Waals surface area contributed by atoms with Crippen molar-refractivity contribution in [2.24, 2.45) is 0 Å². The fourth-order valence-corrected chi connectivity index (χ4v) is 3.14. The quantitative estimate of drug-likeness (QED) is 0.887. The maximum atomic E-state index is 12.2. The minimum atomic E-state index is -0.850. The summed E-state index contributed by atoms with van der Waals surface area (Å²) in [5, 5.41) is 8.66. The van der Waals surface area contributed by atoms with Crippen molar-refractivity contribution in [1.29, 1.82) is 0 Å². The number of hydrogen-bond acceptors (Lipinski definition) is 3. The van der Waals surface area contributed by atoms with Gasteiger partial charge in [-0.05, 0) is 31.4 Å². The van der Waals surface area contributed by atoms with E-state index in [1.54, 1.807) is 0 Å². The fraction of sp³-hybridized carbons (Fsp3) is 0.471. The molecular weight excluding hydrogens is 294 g/mol. The second kappa shape index (κ2) is 6.81. The standard InChI is InChI=1S/C17H21N3O3/c21-15(8-3-9-16(22)23)20-10-4-5-12(11-20)17-18-13-6-1-2-7-14(13)19-17/h1-2,6-7,12H,3-5,8-11H2,(H,18,19)(H,22,23). The largest absolute Gasteiger partial charge is 0.481 e. The molecule has 1 aromatic heterocycles. The number of H-pyrrole nitrogens is 1. The average Bonchev–Trinajstić information content (AvgIpc) is 2.98. The number of aromatic nitrogens is 2. The number of carbonyl (C=O) groups excluding carboxylic acids is 1. The van der Waals surface area contributed by atoms with Crippen molar-refractivity contribution in [3.05, 3.63) is 30.1 Å². The molecule has 2 aromatic rings. The molecule has 122 valence electrons. The molecule has 1 unspecified atom stereocenters. The number of aromatic amines is 1. The van der Waals surface area contributed by atoms with Gasteiger partial charge >= 0.3 is 5.97 Å². The van der Waals surface area contributed by atoms with Crippen molar-refractivity contribution in [2.75, 3.05) is 13.1 Å². The zero-order chi connectivity index (χ0) is 16.2. The molecule has 3 rings (SSSR count). The molecule has 6 nitrogen and oxygen atoms in total. The first kappa shape index (κ1) is 15.5. The van der Waals surface area contributed by atoms with Crippen LogP contribution in [0.25, 0.3) is 11.0 Å². The lowest BCUT2D eigenvalue weighted by atomic mass is 9.97. The van der Waals surface area contributed by atoms with Crippen LogP contribution in [-0.4, -0.2) is 44.9 Å². The molecule has 2 N–H and O–H groups in total. The third-order valence-corrected chi connectivity index (χ3v) is 4.35. The van der Waals surface area contributed by atoms with Gasteiger partial charge in [0.15, 0.2) is 0 Å². The van der Waals surface area contributed by atoms with Gasteiger partial charge in [0, 0.05) is 31.8 Å². The van der Waals surface area contributed by atoms with E-state index in [-0.39, 0.29) is 18.2 Å². The molecule has 1 amide bonds. The molecule has 23 heavy (non-hydrogen) atoms. The highest BCUT2D eigenvalue weighted by Crippen LogP contribution is 2.27. The monoisotopic (exact) mass is 315 g/mol. The Kier molecular flexibility index (Phi) is 4.60. The van der Waals surface area contributed by atoms with Gasteiger partial charge in [0.05, 0.1) is 11.0 Å². The second-order valence-electron chi connectivity index (χ2n) is 6.07. The van der Waals surface area contributed by atoms with E-state index in [1.807, 2.05) is 29.2 Å².